The molecule has 2 rings (SSSR count). The summed E-state index contributed by atoms with van der Waals surface area (Å²) < 4.78 is 28.2. The quantitative estimate of drug-likeness (QED) is 0.491. The number of rotatable bonds is 8. The highest BCUT2D eigenvalue weighted by atomic mass is 32.2. The maximum absolute atomic E-state index is 12.6. The fourth-order valence-electron chi connectivity index (χ4n) is 2.28. The van der Waals surface area contributed by atoms with Crippen molar-refractivity contribution in [1.82, 2.24) is 4.31 Å². The first-order valence-electron chi connectivity index (χ1n) is 8.18. The minimum Gasteiger partial charge on any atom is -0.493 e. The third kappa shape index (κ3) is 5.52. The molecule has 0 radical (unpaired) electrons. The summed E-state index contributed by atoms with van der Waals surface area (Å²) in [5, 5.41) is -0.138. The van der Waals surface area contributed by atoms with Crippen LogP contribution in [0.5, 0.6) is 17.2 Å². The van der Waals surface area contributed by atoms with Gasteiger partial charge < -0.3 is 23.7 Å². The second kappa shape index (κ2) is 10.2. The average molecular weight is 385 g/mol. The van der Waals surface area contributed by atoms with Crippen LogP contribution in [0.3, 0.4) is 0 Å². The zero-order chi connectivity index (χ0) is 18.9. The van der Waals surface area contributed by atoms with E-state index in [9.17, 15) is 9.59 Å². The smallest absolute Gasteiger partial charge is 0.344 e. The van der Waals surface area contributed by atoms with Crippen LogP contribution in [0.15, 0.2) is 12.1 Å². The van der Waals surface area contributed by atoms with E-state index in [-0.39, 0.29) is 24.1 Å². The number of hydrogen-bond donors (Lipinski definition) is 0. The second-order valence-corrected chi connectivity index (χ2v) is 6.29. The molecule has 1 aromatic carbocycles. The third-order valence-corrected chi connectivity index (χ3v) is 4.54. The minimum absolute atomic E-state index is 0.138. The van der Waals surface area contributed by atoms with Crippen molar-refractivity contribution in [2.75, 3.05) is 53.7 Å². The van der Waals surface area contributed by atoms with E-state index in [2.05, 4.69) is 0 Å². The minimum atomic E-state index is -0.500. The van der Waals surface area contributed by atoms with Crippen molar-refractivity contribution < 1.29 is 33.3 Å². The molecule has 0 saturated carbocycles. The molecule has 1 fully saturated rings. The molecule has 0 bridgehead atoms. The molecule has 0 amide bonds. The van der Waals surface area contributed by atoms with Gasteiger partial charge in [-0.15, -0.1) is 0 Å². The Hall–Kier alpha value is -1.97. The fourth-order valence-corrected chi connectivity index (χ4v) is 3.07. The summed E-state index contributed by atoms with van der Waals surface area (Å²) in [6.07, 6.45) is 0. The summed E-state index contributed by atoms with van der Waals surface area (Å²) in [4.78, 5) is 24.1. The lowest BCUT2D eigenvalue weighted by atomic mass is 10.2. The van der Waals surface area contributed by atoms with Crippen LogP contribution >= 0.6 is 11.9 Å². The van der Waals surface area contributed by atoms with E-state index in [4.69, 9.17) is 23.7 Å². The lowest BCUT2D eigenvalue weighted by Crippen LogP contribution is -2.32. The van der Waals surface area contributed by atoms with Gasteiger partial charge in [0.05, 0.1) is 34.0 Å². The largest absolute Gasteiger partial charge is 0.493 e. The van der Waals surface area contributed by atoms with E-state index >= 15 is 0 Å². The Morgan fingerprint density at radius 3 is 2.31 bits per heavy atom. The molecule has 0 atom stereocenters. The summed E-state index contributed by atoms with van der Waals surface area (Å²) >= 11 is 1.13. The number of carbonyl (C=O) groups excluding carboxylic acids is 2. The predicted octanol–water partition coefficient (Wildman–Crippen LogP) is 1.77. The molecule has 1 aliphatic rings. The monoisotopic (exact) mass is 385 g/mol. The molecular weight excluding hydrogens is 362 g/mol. The van der Waals surface area contributed by atoms with Crippen molar-refractivity contribution in [3.8, 4) is 17.2 Å². The van der Waals surface area contributed by atoms with Crippen LogP contribution in [-0.4, -0.2) is 69.1 Å². The maximum atomic E-state index is 12.6. The van der Waals surface area contributed by atoms with Crippen LogP contribution < -0.4 is 14.2 Å². The van der Waals surface area contributed by atoms with Gasteiger partial charge in [-0.25, -0.2) is 9.10 Å². The first-order chi connectivity index (χ1) is 12.6. The van der Waals surface area contributed by atoms with Gasteiger partial charge in [0, 0.05) is 30.6 Å². The average Bonchev–Trinajstić information content (AvgIpc) is 2.66. The molecule has 8 nitrogen and oxygen atoms in total. The zero-order valence-electron chi connectivity index (χ0n) is 15.1. The first-order valence-corrected chi connectivity index (χ1v) is 8.95. The van der Waals surface area contributed by atoms with Crippen LogP contribution in [0.4, 0.5) is 0 Å². The van der Waals surface area contributed by atoms with E-state index in [0.717, 1.165) is 11.9 Å². The molecule has 0 aromatic heterocycles. The molecular formula is C17H23NO7S. The normalized spacial score (nSPS) is 14.6. The number of benzene rings is 1. The van der Waals surface area contributed by atoms with Crippen molar-refractivity contribution in [2.45, 2.75) is 6.92 Å². The van der Waals surface area contributed by atoms with Crippen molar-refractivity contribution in [2.24, 2.45) is 0 Å². The van der Waals surface area contributed by atoms with Crippen molar-refractivity contribution in [3.05, 3.63) is 17.7 Å². The number of esters is 1. The molecule has 1 aliphatic heterocycles. The molecule has 0 aliphatic carbocycles. The zero-order valence-corrected chi connectivity index (χ0v) is 15.9. The van der Waals surface area contributed by atoms with E-state index in [1.807, 2.05) is 4.31 Å². The van der Waals surface area contributed by atoms with Crippen molar-refractivity contribution >= 4 is 23.0 Å². The van der Waals surface area contributed by atoms with E-state index in [1.165, 1.54) is 14.2 Å². The molecule has 1 aromatic rings. The van der Waals surface area contributed by atoms with Gasteiger partial charge in [-0.1, -0.05) is 0 Å². The van der Waals surface area contributed by atoms with Gasteiger partial charge in [-0.05, 0) is 19.1 Å². The summed E-state index contributed by atoms with van der Waals surface area (Å²) in [5.41, 5.74) is 0.415. The standard InChI is InChI=1S/C17H23NO7S/c1-4-24-15(19)11-25-16-13(21-2)9-12(10-14(16)22-3)17(20)26-18-5-7-23-8-6-18/h9-10H,4-8,11H2,1-3H3. The van der Waals surface area contributed by atoms with Crippen molar-refractivity contribution in [1.29, 1.82) is 0 Å². The van der Waals surface area contributed by atoms with Crippen LogP contribution in [-0.2, 0) is 14.3 Å². The molecule has 0 spiro atoms. The number of methoxy groups -OCH3 is 2. The van der Waals surface area contributed by atoms with Crippen LogP contribution in [0.2, 0.25) is 0 Å². The molecule has 1 heterocycles. The van der Waals surface area contributed by atoms with Crippen LogP contribution in [0.25, 0.3) is 0 Å². The topological polar surface area (TPSA) is 83.5 Å². The lowest BCUT2D eigenvalue weighted by molar-refractivity contribution is -0.145. The van der Waals surface area contributed by atoms with E-state index in [0.29, 0.717) is 43.4 Å². The predicted molar refractivity (Wildman–Crippen MR) is 96.0 cm³/mol. The first kappa shape index (κ1) is 20.3. The Morgan fingerprint density at radius 2 is 1.77 bits per heavy atom. The van der Waals surface area contributed by atoms with Gasteiger partial charge in [0.15, 0.2) is 18.1 Å². The van der Waals surface area contributed by atoms with Crippen molar-refractivity contribution in [3.63, 3.8) is 0 Å². The number of ether oxygens (including phenoxy) is 5. The Labute approximate surface area is 156 Å². The molecule has 26 heavy (non-hydrogen) atoms. The van der Waals surface area contributed by atoms with Crippen LogP contribution in [0.1, 0.15) is 17.3 Å². The summed E-state index contributed by atoms with van der Waals surface area (Å²) in [6.45, 7) is 4.28. The summed E-state index contributed by atoms with van der Waals surface area (Å²) in [7, 11) is 2.91. The van der Waals surface area contributed by atoms with Gasteiger partial charge in [0.25, 0.3) is 0 Å². The Balaban J connectivity index is 2.15. The van der Waals surface area contributed by atoms with Crippen LogP contribution in [0, 0.1) is 0 Å². The Kier molecular flexibility index (Phi) is 8.02. The Bertz CT molecular complexity index is 607. The number of hydrogen-bond acceptors (Lipinski definition) is 9. The van der Waals surface area contributed by atoms with E-state index in [1.54, 1.807) is 19.1 Å². The SMILES string of the molecule is CCOC(=O)COc1c(OC)cc(C(=O)SN2CCOCC2)cc1OC. The number of morpholine rings is 1. The summed E-state index contributed by atoms with van der Waals surface area (Å²) in [5.74, 6) is 0.356. The number of carbonyl (C=O) groups is 2. The van der Waals surface area contributed by atoms with Gasteiger partial charge in [-0.3, -0.25) is 4.79 Å². The summed E-state index contributed by atoms with van der Waals surface area (Å²) in [6, 6.07) is 3.14. The van der Waals surface area contributed by atoms with Gasteiger partial charge >= 0.3 is 5.97 Å². The van der Waals surface area contributed by atoms with E-state index < -0.39 is 5.97 Å². The highest BCUT2D eigenvalue weighted by Crippen LogP contribution is 2.39. The van der Waals surface area contributed by atoms with Gasteiger partial charge in [0.2, 0.25) is 10.9 Å². The highest BCUT2D eigenvalue weighted by molar-refractivity contribution is 8.12. The molecule has 144 valence electrons. The number of nitrogens with zero attached hydrogens (tertiary/aromatic N) is 1. The Morgan fingerprint density at radius 1 is 1.15 bits per heavy atom. The van der Waals surface area contributed by atoms with Gasteiger partial charge in [-0.2, -0.15) is 0 Å². The maximum Gasteiger partial charge on any atom is 0.344 e. The highest BCUT2D eigenvalue weighted by Gasteiger charge is 2.22. The molecule has 0 N–H and O–H groups in total. The molecule has 1 saturated heterocycles. The molecule has 9 heteroatoms. The van der Waals surface area contributed by atoms with Gasteiger partial charge in [0.1, 0.15) is 0 Å². The second-order valence-electron chi connectivity index (χ2n) is 5.22. The lowest BCUT2D eigenvalue weighted by Gasteiger charge is -2.24. The molecule has 0 unspecified atom stereocenters. The fraction of sp³-hybridized carbons (Fsp3) is 0.529. The third-order valence-electron chi connectivity index (χ3n) is 3.52.